The van der Waals surface area contributed by atoms with Gasteiger partial charge in [-0.15, -0.1) is 11.8 Å². The summed E-state index contributed by atoms with van der Waals surface area (Å²) in [6.07, 6.45) is 0.757. The first-order valence-corrected chi connectivity index (χ1v) is 19.4. The van der Waals surface area contributed by atoms with E-state index in [0.29, 0.717) is 71.1 Å². The monoisotopic (exact) mass is 763 g/mol. The molecule has 7 heterocycles. The first-order valence-electron chi connectivity index (χ1n) is 18.4. The summed E-state index contributed by atoms with van der Waals surface area (Å²) in [5.74, 6) is 1.17. The summed E-state index contributed by atoms with van der Waals surface area (Å²) in [6, 6.07) is 1.25. The normalized spacial score (nSPS) is 32.7. The van der Waals surface area contributed by atoms with E-state index in [9.17, 15) is 24.9 Å². The van der Waals surface area contributed by atoms with Crippen molar-refractivity contribution < 1.29 is 53.3 Å². The zero-order chi connectivity index (χ0) is 38.0. The number of hydrogen-bond acceptors (Lipinski definition) is 15. The van der Waals surface area contributed by atoms with Gasteiger partial charge in [-0.3, -0.25) is 19.9 Å². The van der Waals surface area contributed by atoms with Crippen LogP contribution in [-0.4, -0.2) is 108 Å². The van der Waals surface area contributed by atoms with Gasteiger partial charge in [0.25, 0.3) is 0 Å². The Kier molecular flexibility index (Phi) is 8.36. The number of aromatic hydroxyl groups is 1. The number of aliphatic hydroxyl groups excluding tert-OH is 2. The zero-order valence-corrected chi connectivity index (χ0v) is 31.9. The number of aliphatic hydroxyl groups is 2. The summed E-state index contributed by atoms with van der Waals surface area (Å²) < 4.78 is 36.0. The fourth-order valence-corrected chi connectivity index (χ4v) is 12.0. The van der Waals surface area contributed by atoms with Crippen molar-refractivity contribution in [3.05, 3.63) is 62.6 Å². The molecule has 0 aromatic heterocycles. The van der Waals surface area contributed by atoms with E-state index < -0.39 is 47.1 Å². The first kappa shape index (κ1) is 35.5. The number of piperazine rings is 1. The Bertz CT molecular complexity index is 2050. The van der Waals surface area contributed by atoms with Crippen LogP contribution in [0.2, 0.25) is 0 Å². The van der Waals surface area contributed by atoms with Crippen molar-refractivity contribution >= 4 is 23.7 Å². The maximum Gasteiger partial charge on any atom is 0.331 e. The van der Waals surface area contributed by atoms with Crippen LogP contribution >= 0.6 is 11.8 Å². The lowest BCUT2D eigenvalue weighted by Crippen LogP contribution is -2.73. The van der Waals surface area contributed by atoms with Crippen LogP contribution in [0, 0.1) is 12.8 Å². The van der Waals surface area contributed by atoms with E-state index in [-0.39, 0.29) is 48.4 Å². The minimum atomic E-state index is -1.35. The molecule has 288 valence electrons. The molecule has 15 heteroatoms. The number of phenols is 1. The first-order chi connectivity index (χ1) is 25.9. The molecule has 2 aromatic carbocycles. The molecule has 1 aliphatic carbocycles. The molecule has 4 bridgehead atoms. The highest BCUT2D eigenvalue weighted by Crippen LogP contribution is 2.63. The number of benzene rings is 2. The Morgan fingerprint density at radius 3 is 2.61 bits per heavy atom. The predicted octanol–water partition coefficient (Wildman–Crippen LogP) is 3.62. The van der Waals surface area contributed by atoms with Gasteiger partial charge >= 0.3 is 11.9 Å². The van der Waals surface area contributed by atoms with Crippen LogP contribution in [0.4, 0.5) is 0 Å². The van der Waals surface area contributed by atoms with E-state index in [4.69, 9.17) is 28.4 Å². The van der Waals surface area contributed by atoms with Gasteiger partial charge in [0.05, 0.1) is 37.6 Å². The molecule has 7 aliphatic heterocycles. The van der Waals surface area contributed by atoms with Crippen LogP contribution in [0.3, 0.4) is 0 Å². The number of hydrogen-bond donors (Lipinski definition) is 4. The number of fused-ring (bicyclic) bond motifs is 8. The number of carbonyl (C=O) groups excluding carboxylic acids is 2. The van der Waals surface area contributed by atoms with Gasteiger partial charge in [-0.1, -0.05) is 12.5 Å². The number of methoxy groups -OCH3 is 2. The molecule has 2 saturated heterocycles. The Labute approximate surface area is 317 Å². The molecule has 10 rings (SSSR count). The minimum Gasteiger partial charge on any atom is -0.504 e. The molecular weight excluding hydrogens is 719 g/mol. The van der Waals surface area contributed by atoms with Crippen LogP contribution < -0.4 is 24.3 Å². The quantitative estimate of drug-likeness (QED) is 0.264. The van der Waals surface area contributed by atoms with Crippen LogP contribution in [0.25, 0.3) is 0 Å². The van der Waals surface area contributed by atoms with Gasteiger partial charge in [-0.05, 0) is 56.5 Å². The molecule has 1 spiro atoms. The number of carbonyl (C=O) groups is 2. The zero-order valence-electron chi connectivity index (χ0n) is 31.1. The number of ether oxygens (including phenoxy) is 6. The van der Waals surface area contributed by atoms with Gasteiger partial charge in [0.15, 0.2) is 34.3 Å². The highest BCUT2D eigenvalue weighted by atomic mass is 32.2. The highest BCUT2D eigenvalue weighted by Gasteiger charge is 2.62. The van der Waals surface area contributed by atoms with Gasteiger partial charge in [0.2, 0.25) is 6.79 Å². The van der Waals surface area contributed by atoms with Gasteiger partial charge in [-0.25, -0.2) is 4.79 Å². The number of thioether (sulfide) groups is 1. The third-order valence-electron chi connectivity index (χ3n) is 12.6. The molecule has 0 amide bonds. The van der Waals surface area contributed by atoms with Crippen molar-refractivity contribution in [2.75, 3.05) is 47.0 Å². The number of likely N-dealkylation sites (N-methyl/N-ethyl adjacent to an activating group) is 1. The fourth-order valence-electron chi connectivity index (χ4n) is 10.3. The van der Waals surface area contributed by atoms with Gasteiger partial charge in [0.1, 0.15) is 24.3 Å². The maximum atomic E-state index is 14.7. The lowest BCUT2D eigenvalue weighted by atomic mass is 9.70. The second-order valence-electron chi connectivity index (χ2n) is 15.3. The van der Waals surface area contributed by atoms with Crippen LogP contribution in [0.15, 0.2) is 34.8 Å². The maximum absolute atomic E-state index is 14.7. The van der Waals surface area contributed by atoms with E-state index in [2.05, 4.69) is 10.2 Å². The van der Waals surface area contributed by atoms with Crippen LogP contribution in [0.1, 0.15) is 65.8 Å². The number of nitrogens with zero attached hydrogens (tertiary/aromatic N) is 2. The molecule has 8 aliphatic rings. The molecule has 8 atom stereocenters. The van der Waals surface area contributed by atoms with E-state index in [0.717, 1.165) is 16.7 Å². The third kappa shape index (κ3) is 4.80. The molecule has 3 unspecified atom stereocenters. The molecular formula is C39H45N3O11S. The summed E-state index contributed by atoms with van der Waals surface area (Å²) in [5.41, 5.74) is 3.87. The van der Waals surface area contributed by atoms with E-state index in [1.165, 1.54) is 25.8 Å². The third-order valence-corrected chi connectivity index (χ3v) is 14.1. The molecule has 2 aromatic rings. The summed E-state index contributed by atoms with van der Waals surface area (Å²) in [4.78, 5) is 31.8. The van der Waals surface area contributed by atoms with Crippen molar-refractivity contribution in [3.8, 4) is 28.7 Å². The second-order valence-corrected chi connectivity index (χ2v) is 16.5. The van der Waals surface area contributed by atoms with E-state index in [1.54, 1.807) is 19.2 Å². The van der Waals surface area contributed by atoms with E-state index >= 15 is 0 Å². The molecule has 14 nitrogen and oxygen atoms in total. The summed E-state index contributed by atoms with van der Waals surface area (Å²) >= 11 is 1.48. The Morgan fingerprint density at radius 2 is 1.87 bits per heavy atom. The molecule has 0 radical (unpaired) electrons. The van der Waals surface area contributed by atoms with Crippen molar-refractivity contribution in [1.29, 1.82) is 0 Å². The largest absolute Gasteiger partial charge is 0.504 e. The summed E-state index contributed by atoms with van der Waals surface area (Å²) in [6.45, 7) is 5.44. The van der Waals surface area contributed by atoms with Gasteiger partial charge in [0, 0.05) is 53.4 Å². The Balaban J connectivity index is 1.31. The number of phenolic OH excluding ortho intramolecular Hbond substituents is 1. The average Bonchev–Trinajstić information content (AvgIpc) is 3.63. The SMILES string of the molecule is COC1=C(O)C2=C(CC1C)CC1[C@H](O)N3[C@H](C2N1C)[C@H]1SC[C@@]2(NCCc4cc(O)c(OC)cc42)C(=O)OC[C@H]3c2c3c(c(C)c(OC(C)=O)c21)OCO3. The van der Waals surface area contributed by atoms with Gasteiger partial charge < -0.3 is 43.7 Å². The summed E-state index contributed by atoms with van der Waals surface area (Å²) in [5, 5.41) is 38.3. The van der Waals surface area contributed by atoms with Crippen LogP contribution in [0.5, 0.6) is 28.7 Å². The van der Waals surface area contributed by atoms with Crippen molar-refractivity contribution in [2.45, 2.75) is 81.2 Å². The van der Waals surface area contributed by atoms with Crippen LogP contribution in [-0.2, 0) is 31.0 Å². The summed E-state index contributed by atoms with van der Waals surface area (Å²) in [7, 11) is 5.02. The predicted molar refractivity (Wildman–Crippen MR) is 195 cm³/mol. The fraction of sp³-hybridized carbons (Fsp3) is 0.538. The molecule has 4 N–H and O–H groups in total. The Morgan fingerprint density at radius 1 is 1.09 bits per heavy atom. The highest BCUT2D eigenvalue weighted by molar-refractivity contribution is 7.99. The molecule has 2 fully saturated rings. The second kappa shape index (κ2) is 12.7. The van der Waals surface area contributed by atoms with Gasteiger partial charge in [-0.2, -0.15) is 0 Å². The number of nitrogens with one attached hydrogen (secondary N) is 1. The van der Waals surface area contributed by atoms with Crippen molar-refractivity contribution in [1.82, 2.24) is 15.1 Å². The lowest BCUT2D eigenvalue weighted by Gasteiger charge is -2.62. The standard InChI is InChI=1S/C39H45N3O11S/c1-16-9-20-10-22-37(46)42-23-13-50-38(47)39(21-12-25(48-5)24(44)11-19(21)7-8-40-39)14-54-36(30(42)29(41(22)4)26(20)31(45)32(16)49-6)28-27(23)35-34(51-15-52-35)17(2)33(28)53-18(3)43/h11-12,16,22-23,29-30,36-37,40,44-46H,7-10,13-15H2,1-6H3/t16?,22?,23-,29?,30+,36-,37-,39-/m0/s1. The number of esters is 2. The smallest absolute Gasteiger partial charge is 0.331 e. The molecule has 54 heavy (non-hydrogen) atoms. The number of rotatable bonds is 3. The average molecular weight is 764 g/mol. The Hall–Kier alpha value is -4.15. The molecule has 0 saturated carbocycles. The van der Waals surface area contributed by atoms with E-state index in [1.807, 2.05) is 25.8 Å². The topological polar surface area (TPSA) is 169 Å². The minimum absolute atomic E-state index is 0.0179. The van der Waals surface area contributed by atoms with Crippen molar-refractivity contribution in [2.24, 2.45) is 5.92 Å². The number of allylic oxidation sites excluding steroid dienone is 1. The lowest BCUT2D eigenvalue weighted by molar-refractivity contribution is -0.180. The van der Waals surface area contributed by atoms with Crippen molar-refractivity contribution in [3.63, 3.8) is 0 Å².